The van der Waals surface area contributed by atoms with Gasteiger partial charge in [0, 0.05) is 6.42 Å². The number of hydrogen-bond acceptors (Lipinski definition) is 3. The highest BCUT2D eigenvalue weighted by Gasteiger charge is 2.31. The van der Waals surface area contributed by atoms with Gasteiger partial charge in [-0.2, -0.15) is 0 Å². The van der Waals surface area contributed by atoms with Crippen molar-refractivity contribution in [3.05, 3.63) is 53.5 Å². The first-order valence-corrected chi connectivity index (χ1v) is 7.27. The van der Waals surface area contributed by atoms with Crippen LogP contribution in [0, 0.1) is 5.92 Å². The number of ketones is 1. The number of Topliss-reactive ketones (excluding diaryl/α,β-unsaturated/α-hetero) is 1. The molecule has 0 bridgehead atoms. The van der Waals surface area contributed by atoms with Crippen LogP contribution in [0.1, 0.15) is 13.3 Å². The molecule has 1 aliphatic carbocycles. The summed E-state index contributed by atoms with van der Waals surface area (Å²) in [6.07, 6.45) is 5.12. The Bertz CT molecular complexity index is 610. The zero-order valence-electron chi connectivity index (χ0n) is 10.0. The molecule has 1 aromatic rings. The van der Waals surface area contributed by atoms with E-state index < -0.39 is 15.8 Å². The lowest BCUT2D eigenvalue weighted by Gasteiger charge is -2.12. The lowest BCUT2D eigenvalue weighted by Crippen LogP contribution is -2.18. The summed E-state index contributed by atoms with van der Waals surface area (Å²) in [6.45, 7) is 1.74. The number of rotatable bonds is 4. The molecule has 0 fully saturated rings. The zero-order valence-corrected chi connectivity index (χ0v) is 10.9. The Kier molecular flexibility index (Phi) is 3.48. The minimum atomic E-state index is -3.57. The number of carbonyl (C=O) groups is 1. The van der Waals surface area contributed by atoms with Gasteiger partial charge in [-0.25, -0.2) is 8.42 Å². The van der Waals surface area contributed by atoms with Crippen molar-refractivity contribution in [3.8, 4) is 0 Å². The van der Waals surface area contributed by atoms with E-state index in [9.17, 15) is 13.2 Å². The van der Waals surface area contributed by atoms with Gasteiger partial charge in [-0.1, -0.05) is 37.3 Å². The number of benzene rings is 1. The molecule has 1 atom stereocenters. The highest BCUT2D eigenvalue weighted by molar-refractivity contribution is 7.95. The van der Waals surface area contributed by atoms with Gasteiger partial charge in [-0.05, 0) is 18.2 Å². The fourth-order valence-electron chi connectivity index (χ4n) is 1.94. The highest BCUT2D eigenvalue weighted by Crippen LogP contribution is 2.31. The summed E-state index contributed by atoms with van der Waals surface area (Å²) in [5.41, 5.74) is 0. The summed E-state index contributed by atoms with van der Waals surface area (Å²) in [5, 5.41) is 0. The molecule has 0 amide bonds. The Hall–Kier alpha value is -1.68. The van der Waals surface area contributed by atoms with Crippen molar-refractivity contribution in [3.63, 3.8) is 0 Å². The smallest absolute Gasteiger partial charge is 0.203 e. The maximum Gasteiger partial charge on any atom is 0.203 e. The van der Waals surface area contributed by atoms with Crippen LogP contribution < -0.4 is 0 Å². The zero-order chi connectivity index (χ0) is 13.2. The molecule has 0 saturated heterocycles. The standard InChI is InChI=1S/C14H14O3S/c1-2-13(15)12-9-6-10-14(12)18(16,17)11-7-4-3-5-8-11/h3-10,12H,2H2,1H3. The average molecular weight is 262 g/mol. The molecule has 3 nitrogen and oxygen atoms in total. The van der Waals surface area contributed by atoms with E-state index in [1.54, 1.807) is 49.4 Å². The topological polar surface area (TPSA) is 51.2 Å². The van der Waals surface area contributed by atoms with E-state index in [1.807, 2.05) is 0 Å². The van der Waals surface area contributed by atoms with Crippen molar-refractivity contribution in [2.24, 2.45) is 5.92 Å². The van der Waals surface area contributed by atoms with Crippen molar-refractivity contribution in [2.75, 3.05) is 0 Å². The molecule has 1 unspecified atom stereocenters. The molecular weight excluding hydrogens is 248 g/mol. The van der Waals surface area contributed by atoms with Crippen LogP contribution in [0.25, 0.3) is 0 Å². The molecule has 0 N–H and O–H groups in total. The van der Waals surface area contributed by atoms with Gasteiger partial charge in [0.1, 0.15) is 5.78 Å². The molecular formula is C14H14O3S. The molecule has 1 aliphatic rings. The number of sulfone groups is 1. The van der Waals surface area contributed by atoms with Gasteiger partial charge in [0.15, 0.2) is 0 Å². The SMILES string of the molecule is CCC(=O)C1C=CC=C1S(=O)(=O)c1ccccc1. The molecule has 2 rings (SSSR count). The van der Waals surface area contributed by atoms with E-state index >= 15 is 0 Å². The molecule has 1 aromatic carbocycles. The Balaban J connectivity index is 2.41. The van der Waals surface area contributed by atoms with Crippen molar-refractivity contribution in [1.29, 1.82) is 0 Å². The molecule has 94 valence electrons. The van der Waals surface area contributed by atoms with Gasteiger partial charge in [0.2, 0.25) is 9.84 Å². The number of hydrogen-bond donors (Lipinski definition) is 0. The first kappa shape index (κ1) is 12.8. The van der Waals surface area contributed by atoms with Crippen LogP contribution >= 0.6 is 0 Å². The molecule has 0 radical (unpaired) electrons. The lowest BCUT2D eigenvalue weighted by atomic mass is 10.0. The maximum atomic E-state index is 12.4. The van der Waals surface area contributed by atoms with Crippen LogP contribution in [0.15, 0.2) is 58.4 Å². The van der Waals surface area contributed by atoms with Crippen LogP contribution in [-0.2, 0) is 14.6 Å². The first-order chi connectivity index (χ1) is 8.57. The molecule has 4 heteroatoms. The van der Waals surface area contributed by atoms with E-state index in [4.69, 9.17) is 0 Å². The van der Waals surface area contributed by atoms with E-state index in [1.165, 1.54) is 6.08 Å². The molecule has 0 aliphatic heterocycles. The van der Waals surface area contributed by atoms with Crippen molar-refractivity contribution in [1.82, 2.24) is 0 Å². The Morgan fingerprint density at radius 2 is 1.89 bits per heavy atom. The quantitative estimate of drug-likeness (QED) is 0.837. The Labute approximate surface area is 107 Å². The van der Waals surface area contributed by atoms with E-state index in [-0.39, 0.29) is 15.6 Å². The second kappa shape index (κ2) is 4.90. The second-order valence-electron chi connectivity index (χ2n) is 4.07. The average Bonchev–Trinajstić information content (AvgIpc) is 2.89. The van der Waals surface area contributed by atoms with Gasteiger partial charge in [-0.15, -0.1) is 0 Å². The van der Waals surface area contributed by atoms with Crippen LogP contribution in [0.4, 0.5) is 0 Å². The summed E-state index contributed by atoms with van der Waals surface area (Å²) >= 11 is 0. The minimum Gasteiger partial charge on any atom is -0.299 e. The predicted molar refractivity (Wildman–Crippen MR) is 69.6 cm³/mol. The second-order valence-corrected chi connectivity index (χ2v) is 6.02. The Morgan fingerprint density at radius 1 is 1.22 bits per heavy atom. The summed E-state index contributed by atoms with van der Waals surface area (Å²) < 4.78 is 24.8. The minimum absolute atomic E-state index is 0.0745. The summed E-state index contributed by atoms with van der Waals surface area (Å²) in [7, 11) is -3.57. The van der Waals surface area contributed by atoms with Crippen LogP contribution in [0.5, 0.6) is 0 Å². The van der Waals surface area contributed by atoms with Gasteiger partial charge >= 0.3 is 0 Å². The third-order valence-corrected chi connectivity index (χ3v) is 4.83. The van der Waals surface area contributed by atoms with Crippen LogP contribution in [0.2, 0.25) is 0 Å². The third-order valence-electron chi connectivity index (χ3n) is 2.93. The molecule has 18 heavy (non-hydrogen) atoms. The van der Waals surface area contributed by atoms with Gasteiger partial charge in [-0.3, -0.25) is 4.79 Å². The van der Waals surface area contributed by atoms with Crippen molar-refractivity contribution >= 4 is 15.6 Å². The van der Waals surface area contributed by atoms with Crippen molar-refractivity contribution < 1.29 is 13.2 Å². The molecule has 0 saturated carbocycles. The van der Waals surface area contributed by atoms with Gasteiger partial charge < -0.3 is 0 Å². The van der Waals surface area contributed by atoms with Crippen molar-refractivity contribution in [2.45, 2.75) is 18.2 Å². The maximum absolute atomic E-state index is 12.4. The van der Waals surface area contributed by atoms with Crippen LogP contribution in [-0.4, -0.2) is 14.2 Å². The fourth-order valence-corrected chi connectivity index (χ4v) is 3.53. The van der Waals surface area contributed by atoms with E-state index in [0.717, 1.165) is 0 Å². The molecule has 0 heterocycles. The first-order valence-electron chi connectivity index (χ1n) is 5.78. The largest absolute Gasteiger partial charge is 0.299 e. The lowest BCUT2D eigenvalue weighted by molar-refractivity contribution is -0.120. The van der Waals surface area contributed by atoms with Gasteiger partial charge in [0.25, 0.3) is 0 Å². The fraction of sp³-hybridized carbons (Fsp3) is 0.214. The van der Waals surface area contributed by atoms with Gasteiger partial charge in [0.05, 0.1) is 15.7 Å². The van der Waals surface area contributed by atoms with E-state index in [2.05, 4.69) is 0 Å². The molecule has 0 aromatic heterocycles. The summed E-state index contributed by atoms with van der Waals surface area (Å²) in [5.74, 6) is -0.699. The highest BCUT2D eigenvalue weighted by atomic mass is 32.2. The summed E-state index contributed by atoms with van der Waals surface area (Å²) in [4.78, 5) is 12.2. The summed E-state index contributed by atoms with van der Waals surface area (Å²) in [6, 6.07) is 8.19. The number of carbonyl (C=O) groups excluding carboxylic acids is 1. The van der Waals surface area contributed by atoms with Crippen LogP contribution in [0.3, 0.4) is 0 Å². The third kappa shape index (κ3) is 2.16. The Morgan fingerprint density at radius 3 is 2.50 bits per heavy atom. The monoisotopic (exact) mass is 262 g/mol. The molecule has 0 spiro atoms. The normalized spacial score (nSPS) is 18.7. The van der Waals surface area contributed by atoms with E-state index in [0.29, 0.717) is 6.42 Å². The predicted octanol–water partition coefficient (Wildman–Crippen LogP) is 2.51. The number of allylic oxidation sites excluding steroid dienone is 4.